The van der Waals surface area contributed by atoms with Crippen molar-refractivity contribution in [1.82, 2.24) is 10.6 Å². The number of nitrogens with one attached hydrogen (secondary N) is 2. The smallest absolute Gasteiger partial charge is 0.0716 e. The van der Waals surface area contributed by atoms with Crippen molar-refractivity contribution in [1.29, 1.82) is 0 Å². The molecule has 1 saturated heterocycles. The second-order valence-corrected chi connectivity index (χ2v) is 5.05. The second kappa shape index (κ2) is 7.10. The monoisotopic (exact) mass is 270 g/mol. The van der Waals surface area contributed by atoms with Gasteiger partial charge in [0.25, 0.3) is 0 Å². The van der Waals surface area contributed by atoms with E-state index in [9.17, 15) is 5.11 Å². The molecule has 1 aliphatic rings. The molecule has 1 aliphatic heterocycles. The molecule has 0 bridgehead atoms. The Morgan fingerprint density at radius 3 is 2.72 bits per heavy atom. The molecule has 0 spiro atoms. The van der Waals surface area contributed by atoms with E-state index in [1.54, 1.807) is 0 Å². The van der Waals surface area contributed by atoms with Gasteiger partial charge in [-0.25, -0.2) is 0 Å². The highest BCUT2D eigenvalue weighted by molar-refractivity contribution is 5.85. The standard InChI is InChI=1S/C14H22N2O.ClH/c1-10-3-4-12(11(2)5-10)6-15-7-13-8-16-9-14(13)17;/h3-5,13-17H,6-9H2,1-2H3;1H. The fourth-order valence-corrected chi connectivity index (χ4v) is 2.36. The lowest BCUT2D eigenvalue weighted by molar-refractivity contribution is 0.146. The number of rotatable bonds is 4. The second-order valence-electron chi connectivity index (χ2n) is 5.05. The summed E-state index contributed by atoms with van der Waals surface area (Å²) in [4.78, 5) is 0. The molecule has 18 heavy (non-hydrogen) atoms. The predicted molar refractivity (Wildman–Crippen MR) is 77.2 cm³/mol. The van der Waals surface area contributed by atoms with Crippen molar-refractivity contribution < 1.29 is 5.11 Å². The number of benzene rings is 1. The Labute approximate surface area is 115 Å². The molecule has 0 radical (unpaired) electrons. The van der Waals surface area contributed by atoms with Crippen molar-refractivity contribution >= 4 is 12.4 Å². The van der Waals surface area contributed by atoms with Crippen molar-refractivity contribution in [2.45, 2.75) is 26.5 Å². The fraction of sp³-hybridized carbons (Fsp3) is 0.571. The van der Waals surface area contributed by atoms with Gasteiger partial charge in [-0.1, -0.05) is 23.8 Å². The molecule has 1 aromatic rings. The van der Waals surface area contributed by atoms with Crippen LogP contribution in [0.15, 0.2) is 18.2 Å². The van der Waals surface area contributed by atoms with Crippen molar-refractivity contribution in [3.8, 4) is 0 Å². The maximum Gasteiger partial charge on any atom is 0.0716 e. The van der Waals surface area contributed by atoms with Crippen molar-refractivity contribution in [3.05, 3.63) is 34.9 Å². The summed E-state index contributed by atoms with van der Waals surface area (Å²) in [6, 6.07) is 6.54. The van der Waals surface area contributed by atoms with Crippen LogP contribution in [-0.2, 0) is 6.54 Å². The SMILES string of the molecule is Cc1ccc(CNCC2CNCC2O)c(C)c1.Cl. The average molecular weight is 271 g/mol. The Morgan fingerprint density at radius 1 is 1.33 bits per heavy atom. The van der Waals surface area contributed by atoms with Crippen LogP contribution in [0.3, 0.4) is 0 Å². The molecule has 0 saturated carbocycles. The highest BCUT2D eigenvalue weighted by atomic mass is 35.5. The van der Waals surface area contributed by atoms with Crippen molar-refractivity contribution in [2.75, 3.05) is 19.6 Å². The molecule has 2 unspecified atom stereocenters. The molecule has 0 aromatic heterocycles. The van der Waals surface area contributed by atoms with E-state index < -0.39 is 0 Å². The molecular weight excluding hydrogens is 248 g/mol. The van der Waals surface area contributed by atoms with Crippen molar-refractivity contribution in [2.24, 2.45) is 5.92 Å². The zero-order valence-corrected chi connectivity index (χ0v) is 11.9. The van der Waals surface area contributed by atoms with Gasteiger partial charge in [0, 0.05) is 32.1 Å². The summed E-state index contributed by atoms with van der Waals surface area (Å²) >= 11 is 0. The van der Waals surface area contributed by atoms with Gasteiger partial charge in [-0.05, 0) is 25.0 Å². The zero-order valence-electron chi connectivity index (χ0n) is 11.1. The van der Waals surface area contributed by atoms with Crippen LogP contribution in [0.2, 0.25) is 0 Å². The quantitative estimate of drug-likeness (QED) is 0.775. The van der Waals surface area contributed by atoms with Gasteiger partial charge >= 0.3 is 0 Å². The molecule has 3 N–H and O–H groups in total. The Morgan fingerprint density at radius 2 is 2.11 bits per heavy atom. The molecule has 1 fully saturated rings. The van der Waals surface area contributed by atoms with Gasteiger partial charge in [0.2, 0.25) is 0 Å². The lowest BCUT2D eigenvalue weighted by Gasteiger charge is -2.15. The first-order chi connectivity index (χ1) is 8.16. The molecular formula is C14H23ClN2O. The van der Waals surface area contributed by atoms with Gasteiger partial charge in [-0.3, -0.25) is 0 Å². The number of aryl methyl sites for hydroxylation is 2. The summed E-state index contributed by atoms with van der Waals surface area (Å²) in [5.41, 5.74) is 3.99. The Balaban J connectivity index is 0.00000162. The molecule has 1 aromatic carbocycles. The normalized spacial score (nSPS) is 22.8. The van der Waals surface area contributed by atoms with E-state index in [4.69, 9.17) is 0 Å². The summed E-state index contributed by atoms with van der Waals surface area (Å²) < 4.78 is 0. The molecule has 1 heterocycles. The largest absolute Gasteiger partial charge is 0.391 e. The third kappa shape index (κ3) is 3.95. The Hall–Kier alpha value is -0.610. The molecule has 0 amide bonds. The maximum absolute atomic E-state index is 9.67. The fourth-order valence-electron chi connectivity index (χ4n) is 2.36. The lowest BCUT2D eigenvalue weighted by atomic mass is 10.0. The van der Waals surface area contributed by atoms with Gasteiger partial charge in [-0.2, -0.15) is 0 Å². The number of aliphatic hydroxyl groups is 1. The van der Waals surface area contributed by atoms with Crippen LogP contribution in [0.1, 0.15) is 16.7 Å². The number of β-amino-alcohol motifs (C(OH)–C–C–N with tert-alkyl or cyclic N) is 1. The van der Waals surface area contributed by atoms with E-state index in [-0.39, 0.29) is 18.5 Å². The average Bonchev–Trinajstić information content (AvgIpc) is 2.68. The van der Waals surface area contributed by atoms with Gasteiger partial charge in [0.05, 0.1) is 6.10 Å². The third-order valence-electron chi connectivity index (χ3n) is 3.52. The van der Waals surface area contributed by atoms with E-state index in [1.165, 1.54) is 16.7 Å². The van der Waals surface area contributed by atoms with E-state index in [2.05, 4.69) is 42.7 Å². The Bertz CT molecular complexity index is 384. The van der Waals surface area contributed by atoms with Gasteiger partial charge in [-0.15, -0.1) is 12.4 Å². The lowest BCUT2D eigenvalue weighted by Crippen LogP contribution is -2.30. The topological polar surface area (TPSA) is 44.3 Å². The molecule has 2 atom stereocenters. The van der Waals surface area contributed by atoms with Crippen LogP contribution in [0.4, 0.5) is 0 Å². The van der Waals surface area contributed by atoms with Gasteiger partial charge in [0.1, 0.15) is 0 Å². The van der Waals surface area contributed by atoms with Crippen molar-refractivity contribution in [3.63, 3.8) is 0 Å². The minimum absolute atomic E-state index is 0. The minimum atomic E-state index is -0.193. The van der Waals surface area contributed by atoms with E-state index in [1.807, 2.05) is 0 Å². The highest BCUT2D eigenvalue weighted by Gasteiger charge is 2.23. The van der Waals surface area contributed by atoms with Crippen LogP contribution in [0.25, 0.3) is 0 Å². The maximum atomic E-state index is 9.67. The summed E-state index contributed by atoms with van der Waals surface area (Å²) in [6.45, 7) is 7.68. The van der Waals surface area contributed by atoms with E-state index in [0.29, 0.717) is 5.92 Å². The number of halogens is 1. The molecule has 2 rings (SSSR count). The van der Waals surface area contributed by atoms with Crippen LogP contribution in [-0.4, -0.2) is 30.8 Å². The van der Waals surface area contributed by atoms with E-state index >= 15 is 0 Å². The minimum Gasteiger partial charge on any atom is -0.391 e. The summed E-state index contributed by atoms with van der Waals surface area (Å²) in [7, 11) is 0. The van der Waals surface area contributed by atoms with Gasteiger partial charge < -0.3 is 15.7 Å². The first-order valence-corrected chi connectivity index (χ1v) is 6.32. The van der Waals surface area contributed by atoms with Crippen LogP contribution in [0.5, 0.6) is 0 Å². The first kappa shape index (κ1) is 15.4. The first-order valence-electron chi connectivity index (χ1n) is 6.32. The third-order valence-corrected chi connectivity index (χ3v) is 3.52. The van der Waals surface area contributed by atoms with Crippen LogP contribution >= 0.6 is 12.4 Å². The molecule has 102 valence electrons. The number of hydrogen-bond donors (Lipinski definition) is 3. The summed E-state index contributed by atoms with van der Waals surface area (Å²) in [6.07, 6.45) is -0.193. The Kier molecular flexibility index (Phi) is 6.09. The molecule has 0 aliphatic carbocycles. The zero-order chi connectivity index (χ0) is 12.3. The molecule has 3 nitrogen and oxygen atoms in total. The predicted octanol–water partition coefficient (Wildman–Crippen LogP) is 1.40. The number of hydrogen-bond acceptors (Lipinski definition) is 3. The summed E-state index contributed by atoms with van der Waals surface area (Å²) in [5, 5.41) is 16.3. The highest BCUT2D eigenvalue weighted by Crippen LogP contribution is 2.11. The number of aliphatic hydroxyl groups excluding tert-OH is 1. The van der Waals surface area contributed by atoms with Crippen LogP contribution < -0.4 is 10.6 Å². The molecule has 4 heteroatoms. The van der Waals surface area contributed by atoms with E-state index in [0.717, 1.165) is 26.2 Å². The van der Waals surface area contributed by atoms with Gasteiger partial charge in [0.15, 0.2) is 0 Å². The summed E-state index contributed by atoms with van der Waals surface area (Å²) in [5.74, 6) is 0.348. The van der Waals surface area contributed by atoms with Crippen LogP contribution in [0, 0.1) is 19.8 Å².